The number of hydrogen-bond acceptors (Lipinski definition) is 5. The standard InChI is InChI=1S/C18H20N4O/c1-22-9-10-23-17(18(22)14-5-3-2-4-6-14)13-21-16-8-7-15(11-19)20-12-16/h2-8,12,17-18,21H,9-10,13H2,1H3/t17-,18-/m0/s1. The van der Waals surface area contributed by atoms with Crippen LogP contribution in [0.5, 0.6) is 0 Å². The van der Waals surface area contributed by atoms with Crippen LogP contribution >= 0.6 is 0 Å². The van der Waals surface area contributed by atoms with Gasteiger partial charge in [0.15, 0.2) is 0 Å². The van der Waals surface area contributed by atoms with E-state index in [1.54, 1.807) is 12.3 Å². The van der Waals surface area contributed by atoms with E-state index in [2.05, 4.69) is 46.5 Å². The Hall–Kier alpha value is -2.42. The highest BCUT2D eigenvalue weighted by Crippen LogP contribution is 2.28. The van der Waals surface area contributed by atoms with Crippen molar-refractivity contribution in [1.29, 1.82) is 5.26 Å². The lowest BCUT2D eigenvalue weighted by molar-refractivity contribution is -0.0556. The third-order valence-electron chi connectivity index (χ3n) is 4.13. The molecule has 5 heteroatoms. The van der Waals surface area contributed by atoms with Crippen LogP contribution in [0.15, 0.2) is 48.7 Å². The van der Waals surface area contributed by atoms with Crippen LogP contribution in [0.4, 0.5) is 5.69 Å². The molecule has 5 nitrogen and oxygen atoms in total. The van der Waals surface area contributed by atoms with E-state index in [1.165, 1.54) is 5.56 Å². The van der Waals surface area contributed by atoms with E-state index in [0.717, 1.165) is 18.8 Å². The van der Waals surface area contributed by atoms with Crippen molar-refractivity contribution in [2.75, 3.05) is 32.1 Å². The summed E-state index contributed by atoms with van der Waals surface area (Å²) in [6, 6.07) is 16.3. The summed E-state index contributed by atoms with van der Waals surface area (Å²) in [4.78, 5) is 6.41. The lowest BCUT2D eigenvalue weighted by atomic mass is 9.98. The van der Waals surface area contributed by atoms with E-state index in [4.69, 9.17) is 10.00 Å². The minimum Gasteiger partial charge on any atom is -0.381 e. The van der Waals surface area contributed by atoms with Crippen molar-refractivity contribution in [3.8, 4) is 6.07 Å². The Labute approximate surface area is 136 Å². The first-order valence-corrected chi connectivity index (χ1v) is 7.75. The number of anilines is 1. The predicted molar refractivity (Wildman–Crippen MR) is 89.0 cm³/mol. The smallest absolute Gasteiger partial charge is 0.140 e. The normalized spacial score (nSPS) is 21.6. The molecule has 0 bridgehead atoms. The quantitative estimate of drug-likeness (QED) is 0.940. The van der Waals surface area contributed by atoms with Gasteiger partial charge in [0.05, 0.1) is 30.6 Å². The molecule has 0 unspecified atom stereocenters. The molecule has 118 valence electrons. The van der Waals surface area contributed by atoms with Crippen LogP contribution in [0, 0.1) is 11.3 Å². The zero-order chi connectivity index (χ0) is 16.1. The van der Waals surface area contributed by atoms with Gasteiger partial charge in [-0.1, -0.05) is 30.3 Å². The van der Waals surface area contributed by atoms with E-state index in [-0.39, 0.29) is 12.1 Å². The molecule has 2 heterocycles. The molecule has 1 aromatic heterocycles. The number of benzene rings is 1. The Morgan fingerprint density at radius 2 is 2.13 bits per heavy atom. The minimum absolute atomic E-state index is 0.0618. The summed E-state index contributed by atoms with van der Waals surface area (Å²) in [6.45, 7) is 2.35. The summed E-state index contributed by atoms with van der Waals surface area (Å²) in [5.41, 5.74) is 2.58. The second-order valence-electron chi connectivity index (χ2n) is 5.67. The zero-order valence-electron chi connectivity index (χ0n) is 13.1. The van der Waals surface area contributed by atoms with E-state index in [1.807, 2.05) is 18.2 Å². The lowest BCUT2D eigenvalue weighted by Gasteiger charge is -2.39. The van der Waals surface area contributed by atoms with Crippen molar-refractivity contribution in [3.05, 3.63) is 59.9 Å². The van der Waals surface area contributed by atoms with Crippen molar-refractivity contribution in [2.24, 2.45) is 0 Å². The Bertz CT molecular complexity index is 666. The molecule has 3 rings (SSSR count). The van der Waals surface area contributed by atoms with Gasteiger partial charge in [-0.2, -0.15) is 5.26 Å². The minimum atomic E-state index is 0.0618. The van der Waals surface area contributed by atoms with Crippen LogP contribution < -0.4 is 5.32 Å². The summed E-state index contributed by atoms with van der Waals surface area (Å²) in [5, 5.41) is 12.2. The zero-order valence-corrected chi connectivity index (χ0v) is 13.1. The summed E-state index contributed by atoms with van der Waals surface area (Å²) in [7, 11) is 2.14. The van der Waals surface area contributed by atoms with E-state index in [0.29, 0.717) is 12.2 Å². The number of likely N-dealkylation sites (N-methyl/N-ethyl adjacent to an activating group) is 1. The van der Waals surface area contributed by atoms with Crippen molar-refractivity contribution in [2.45, 2.75) is 12.1 Å². The number of pyridine rings is 1. The van der Waals surface area contributed by atoms with Gasteiger partial charge in [-0.15, -0.1) is 0 Å². The molecule has 0 amide bonds. The molecule has 1 aliphatic rings. The summed E-state index contributed by atoms with van der Waals surface area (Å²) >= 11 is 0. The Kier molecular flexibility index (Phi) is 4.86. The number of nitrogens with zero attached hydrogens (tertiary/aromatic N) is 3. The Morgan fingerprint density at radius 1 is 1.30 bits per heavy atom. The van der Waals surface area contributed by atoms with Crippen molar-refractivity contribution in [3.63, 3.8) is 0 Å². The number of nitriles is 1. The highest BCUT2D eigenvalue weighted by molar-refractivity contribution is 5.43. The summed E-state index contributed by atoms with van der Waals surface area (Å²) < 4.78 is 6.01. The molecule has 0 saturated carbocycles. The van der Waals surface area contributed by atoms with Crippen molar-refractivity contribution in [1.82, 2.24) is 9.88 Å². The molecule has 1 fully saturated rings. The summed E-state index contributed by atoms with van der Waals surface area (Å²) in [6.07, 6.45) is 1.74. The van der Waals surface area contributed by atoms with E-state index >= 15 is 0 Å². The largest absolute Gasteiger partial charge is 0.381 e. The fraction of sp³-hybridized carbons (Fsp3) is 0.333. The van der Waals surface area contributed by atoms with Gasteiger partial charge in [0.25, 0.3) is 0 Å². The van der Waals surface area contributed by atoms with Gasteiger partial charge >= 0.3 is 0 Å². The molecule has 1 saturated heterocycles. The summed E-state index contributed by atoms with van der Waals surface area (Å²) in [5.74, 6) is 0. The molecule has 23 heavy (non-hydrogen) atoms. The lowest BCUT2D eigenvalue weighted by Crippen LogP contribution is -2.46. The topological polar surface area (TPSA) is 61.2 Å². The second kappa shape index (κ2) is 7.23. The second-order valence-corrected chi connectivity index (χ2v) is 5.67. The van der Waals surface area contributed by atoms with Crippen LogP contribution in [0.1, 0.15) is 17.3 Å². The van der Waals surface area contributed by atoms with Crippen LogP contribution in [-0.4, -0.2) is 42.7 Å². The SMILES string of the molecule is CN1CCO[C@@H](CNc2ccc(C#N)nc2)[C@@H]1c1ccccc1. The van der Waals surface area contributed by atoms with Crippen LogP contribution in [0.2, 0.25) is 0 Å². The molecular formula is C18H20N4O. The first-order chi connectivity index (χ1) is 11.3. The third-order valence-corrected chi connectivity index (χ3v) is 4.13. The van der Waals surface area contributed by atoms with E-state index in [9.17, 15) is 0 Å². The maximum absolute atomic E-state index is 8.79. The van der Waals surface area contributed by atoms with E-state index < -0.39 is 0 Å². The molecule has 1 aliphatic heterocycles. The average Bonchev–Trinajstić information content (AvgIpc) is 2.61. The molecule has 0 spiro atoms. The molecule has 1 N–H and O–H groups in total. The van der Waals surface area contributed by atoms with Gasteiger partial charge in [0.1, 0.15) is 11.8 Å². The Morgan fingerprint density at radius 3 is 2.83 bits per heavy atom. The number of rotatable bonds is 4. The van der Waals surface area contributed by atoms with Gasteiger partial charge in [-0.25, -0.2) is 4.98 Å². The third kappa shape index (κ3) is 3.67. The van der Waals surface area contributed by atoms with Crippen LogP contribution in [-0.2, 0) is 4.74 Å². The fourth-order valence-corrected chi connectivity index (χ4v) is 2.94. The van der Waals surface area contributed by atoms with Gasteiger partial charge in [0.2, 0.25) is 0 Å². The number of hydrogen-bond donors (Lipinski definition) is 1. The highest BCUT2D eigenvalue weighted by atomic mass is 16.5. The molecule has 0 aliphatic carbocycles. The van der Waals surface area contributed by atoms with Gasteiger partial charge in [0, 0.05) is 13.1 Å². The molecule has 1 aromatic carbocycles. The number of aromatic nitrogens is 1. The van der Waals surface area contributed by atoms with Crippen molar-refractivity contribution >= 4 is 5.69 Å². The first kappa shape index (κ1) is 15.5. The first-order valence-electron chi connectivity index (χ1n) is 7.75. The molecule has 0 radical (unpaired) electrons. The number of nitrogens with one attached hydrogen (secondary N) is 1. The van der Waals surface area contributed by atoms with Gasteiger partial charge < -0.3 is 10.1 Å². The predicted octanol–water partition coefficient (Wildman–Crippen LogP) is 2.44. The van der Waals surface area contributed by atoms with Crippen LogP contribution in [0.25, 0.3) is 0 Å². The number of morpholine rings is 1. The molecule has 2 atom stereocenters. The number of ether oxygens (including phenoxy) is 1. The van der Waals surface area contributed by atoms with Gasteiger partial charge in [-0.3, -0.25) is 4.90 Å². The fourth-order valence-electron chi connectivity index (χ4n) is 2.94. The highest BCUT2D eigenvalue weighted by Gasteiger charge is 2.31. The van der Waals surface area contributed by atoms with Crippen molar-refractivity contribution < 1.29 is 4.74 Å². The molecule has 2 aromatic rings. The maximum Gasteiger partial charge on any atom is 0.140 e. The molecular weight excluding hydrogens is 288 g/mol. The maximum atomic E-state index is 8.79. The Balaban J connectivity index is 1.70. The van der Waals surface area contributed by atoms with Gasteiger partial charge in [-0.05, 0) is 24.7 Å². The van der Waals surface area contributed by atoms with Crippen LogP contribution in [0.3, 0.4) is 0 Å². The monoisotopic (exact) mass is 308 g/mol. The average molecular weight is 308 g/mol.